The summed E-state index contributed by atoms with van der Waals surface area (Å²) in [6.45, 7) is 16.2. The van der Waals surface area contributed by atoms with E-state index < -0.39 is 0 Å². The summed E-state index contributed by atoms with van der Waals surface area (Å²) in [6.07, 6.45) is 16.5. The van der Waals surface area contributed by atoms with E-state index in [-0.39, 0.29) is 7.43 Å². The second-order valence-corrected chi connectivity index (χ2v) is 8.32. The summed E-state index contributed by atoms with van der Waals surface area (Å²) in [5.41, 5.74) is 17.2. The summed E-state index contributed by atoms with van der Waals surface area (Å²) in [4.78, 5) is 0. The van der Waals surface area contributed by atoms with Gasteiger partial charge in [0, 0.05) is 7.05 Å². The van der Waals surface area contributed by atoms with Crippen molar-refractivity contribution < 1.29 is 0 Å². The number of hydrogen-bond acceptors (Lipinski definition) is 2. The van der Waals surface area contributed by atoms with Crippen LogP contribution in [0.4, 0.5) is 0 Å². The van der Waals surface area contributed by atoms with Gasteiger partial charge in [0.25, 0.3) is 0 Å². The van der Waals surface area contributed by atoms with E-state index in [9.17, 15) is 0 Å². The number of aryl methyl sites for hydroxylation is 2. The number of rotatable bonds is 7. The number of nitrogens with two attached hydrogens (primary N) is 1. The zero-order valence-electron chi connectivity index (χ0n) is 22.4. The van der Waals surface area contributed by atoms with Gasteiger partial charge in [0.05, 0.1) is 0 Å². The van der Waals surface area contributed by atoms with Crippen LogP contribution in [0.3, 0.4) is 0 Å². The van der Waals surface area contributed by atoms with E-state index in [4.69, 9.17) is 0 Å². The summed E-state index contributed by atoms with van der Waals surface area (Å²) < 4.78 is 0. The second-order valence-electron chi connectivity index (χ2n) is 8.32. The third-order valence-electron chi connectivity index (χ3n) is 5.96. The van der Waals surface area contributed by atoms with Gasteiger partial charge in [-0.3, -0.25) is 0 Å². The maximum Gasteiger partial charge on any atom is 0.00277 e. The third-order valence-corrected chi connectivity index (χ3v) is 5.96. The Morgan fingerprint density at radius 3 is 2.08 bits per heavy atom. The van der Waals surface area contributed by atoms with Crippen molar-refractivity contribution in [3.05, 3.63) is 131 Å². The molecule has 0 fully saturated rings. The first kappa shape index (κ1) is 32.8. The smallest absolute Gasteiger partial charge is 0.00277 e. The van der Waals surface area contributed by atoms with Crippen molar-refractivity contribution >= 4 is 11.6 Å². The van der Waals surface area contributed by atoms with Crippen LogP contribution in [-0.2, 0) is 6.42 Å². The molecule has 0 unspecified atom stereocenters. The lowest BCUT2D eigenvalue weighted by atomic mass is 9.88. The predicted octanol–water partition coefficient (Wildman–Crippen LogP) is 8.65. The van der Waals surface area contributed by atoms with Gasteiger partial charge in [-0.05, 0) is 108 Å². The average molecular weight is 493 g/mol. The van der Waals surface area contributed by atoms with Crippen LogP contribution >= 0.6 is 0 Å². The molecule has 0 heterocycles. The van der Waals surface area contributed by atoms with Gasteiger partial charge in [-0.15, -0.1) is 12.8 Å². The molecule has 0 saturated heterocycles. The quantitative estimate of drug-likeness (QED) is 0.256. The van der Waals surface area contributed by atoms with E-state index in [1.54, 1.807) is 0 Å². The Kier molecular flexibility index (Phi) is 15.3. The fraction of sp³-hybridized carbons (Fsp3) is 0.200. The molecular formula is C35H44N2. The Bertz CT molecular complexity index is 1220. The highest BCUT2D eigenvalue weighted by Gasteiger charge is 2.13. The van der Waals surface area contributed by atoms with Crippen LogP contribution in [0.2, 0.25) is 0 Å². The maximum absolute atomic E-state index is 4.61. The first-order chi connectivity index (χ1) is 17.4. The highest BCUT2D eigenvalue weighted by atomic mass is 14.8. The lowest BCUT2D eigenvalue weighted by molar-refractivity contribution is 1.11. The van der Waals surface area contributed by atoms with E-state index in [0.29, 0.717) is 0 Å². The summed E-state index contributed by atoms with van der Waals surface area (Å²) in [7, 11) is 1.93. The third kappa shape index (κ3) is 9.06. The summed E-state index contributed by atoms with van der Waals surface area (Å²) >= 11 is 0. The van der Waals surface area contributed by atoms with Crippen molar-refractivity contribution in [3.8, 4) is 24.0 Å². The SMILES string of the molecule is C.C#C.C=C(Cc1ccccc1)/C(=C\C)c1ccc(-c2ccc(C)c(C)c2/C=C\NC)c(C)c1.C=CN. The average Bonchev–Trinajstić information content (AvgIpc) is 2.88. The molecule has 0 aromatic heterocycles. The van der Waals surface area contributed by atoms with Crippen molar-refractivity contribution in [2.75, 3.05) is 7.05 Å². The van der Waals surface area contributed by atoms with Crippen LogP contribution in [0, 0.1) is 33.6 Å². The van der Waals surface area contributed by atoms with Crippen molar-refractivity contribution in [2.24, 2.45) is 5.73 Å². The number of terminal acetylenes is 1. The molecule has 0 aliphatic carbocycles. The van der Waals surface area contributed by atoms with E-state index >= 15 is 0 Å². The molecule has 0 spiro atoms. The highest BCUT2D eigenvalue weighted by molar-refractivity contribution is 5.84. The van der Waals surface area contributed by atoms with E-state index in [2.05, 4.69) is 138 Å². The number of benzene rings is 3. The summed E-state index contributed by atoms with van der Waals surface area (Å²) in [6, 6.07) is 21.8. The van der Waals surface area contributed by atoms with Crippen molar-refractivity contribution in [1.29, 1.82) is 0 Å². The van der Waals surface area contributed by atoms with E-state index in [1.807, 2.05) is 13.2 Å². The van der Waals surface area contributed by atoms with Gasteiger partial charge in [-0.25, -0.2) is 0 Å². The molecule has 2 heteroatoms. The molecule has 0 aliphatic heterocycles. The van der Waals surface area contributed by atoms with E-state index in [0.717, 1.165) is 12.0 Å². The Morgan fingerprint density at radius 2 is 1.54 bits per heavy atom. The number of allylic oxidation sites excluding steroid dienone is 3. The molecule has 3 rings (SSSR count). The molecule has 0 radical (unpaired) electrons. The molecule has 194 valence electrons. The first-order valence-electron chi connectivity index (χ1n) is 12.0. The normalized spacial score (nSPS) is 10.2. The molecule has 2 nitrogen and oxygen atoms in total. The Hall–Kier alpha value is -4.22. The largest absolute Gasteiger partial charge is 0.405 e. The van der Waals surface area contributed by atoms with E-state index in [1.165, 1.54) is 56.3 Å². The summed E-state index contributed by atoms with van der Waals surface area (Å²) in [5.74, 6) is 0. The van der Waals surface area contributed by atoms with Gasteiger partial charge >= 0.3 is 0 Å². The fourth-order valence-electron chi connectivity index (χ4n) is 4.10. The highest BCUT2D eigenvalue weighted by Crippen LogP contribution is 2.34. The molecule has 0 amide bonds. The van der Waals surface area contributed by atoms with Crippen LogP contribution < -0.4 is 11.1 Å². The molecule has 0 bridgehead atoms. The van der Waals surface area contributed by atoms with Gasteiger partial charge < -0.3 is 11.1 Å². The Morgan fingerprint density at radius 1 is 0.946 bits per heavy atom. The Labute approximate surface area is 226 Å². The summed E-state index contributed by atoms with van der Waals surface area (Å²) in [5, 5.41) is 3.12. The number of hydrogen-bond donors (Lipinski definition) is 2. The minimum Gasteiger partial charge on any atom is -0.405 e. The molecule has 37 heavy (non-hydrogen) atoms. The molecule has 3 aromatic carbocycles. The van der Waals surface area contributed by atoms with Crippen LogP contribution in [0.15, 0.2) is 97.9 Å². The fourth-order valence-corrected chi connectivity index (χ4v) is 4.10. The van der Waals surface area contributed by atoms with Gasteiger partial charge in [0.2, 0.25) is 0 Å². The molecular weight excluding hydrogens is 448 g/mol. The van der Waals surface area contributed by atoms with Crippen LogP contribution in [-0.4, -0.2) is 7.05 Å². The predicted molar refractivity (Wildman–Crippen MR) is 168 cm³/mol. The van der Waals surface area contributed by atoms with Gasteiger partial charge in [-0.1, -0.05) is 87.3 Å². The standard InChI is InChI=1S/C30H33N.C2H5N.C2H2.CH4/c1-7-27(22(3)19-25-11-9-8-10-12-25)26-14-16-28(23(4)20-26)30-15-13-21(2)24(5)29(30)17-18-31-6;1-2-3;1-2;/h7-18,20,31H,3,19H2,1-2,4-6H3;2H,1,3H2;1-2H;1H4/b18-17-,27-7+;;;. The van der Waals surface area contributed by atoms with Crippen LogP contribution in [0.25, 0.3) is 22.8 Å². The zero-order valence-corrected chi connectivity index (χ0v) is 22.4. The van der Waals surface area contributed by atoms with Crippen LogP contribution in [0.1, 0.15) is 47.7 Å². The Balaban J connectivity index is 0.00000201. The molecule has 0 saturated carbocycles. The zero-order chi connectivity index (χ0) is 27.1. The monoisotopic (exact) mass is 492 g/mol. The van der Waals surface area contributed by atoms with Crippen molar-refractivity contribution in [3.63, 3.8) is 0 Å². The molecule has 3 aromatic rings. The van der Waals surface area contributed by atoms with Crippen molar-refractivity contribution in [2.45, 2.75) is 41.5 Å². The van der Waals surface area contributed by atoms with Crippen LogP contribution in [0.5, 0.6) is 0 Å². The minimum atomic E-state index is 0. The lowest BCUT2D eigenvalue weighted by Gasteiger charge is -2.17. The molecule has 0 atom stereocenters. The van der Waals surface area contributed by atoms with Gasteiger partial charge in [0.1, 0.15) is 0 Å². The number of nitrogens with one attached hydrogen (secondary N) is 1. The van der Waals surface area contributed by atoms with Gasteiger partial charge in [-0.2, -0.15) is 0 Å². The second kappa shape index (κ2) is 17.2. The van der Waals surface area contributed by atoms with Gasteiger partial charge in [0.15, 0.2) is 0 Å². The lowest BCUT2D eigenvalue weighted by Crippen LogP contribution is -1.98. The molecule has 3 N–H and O–H groups in total. The topological polar surface area (TPSA) is 38.0 Å². The molecule has 0 aliphatic rings. The maximum atomic E-state index is 4.61. The first-order valence-corrected chi connectivity index (χ1v) is 12.0. The van der Waals surface area contributed by atoms with Crippen molar-refractivity contribution in [1.82, 2.24) is 5.32 Å². The minimum absolute atomic E-state index is 0.